The highest BCUT2D eigenvalue weighted by Crippen LogP contribution is 2.32. The van der Waals surface area contributed by atoms with E-state index in [0.717, 1.165) is 5.56 Å². The van der Waals surface area contributed by atoms with Crippen LogP contribution in [0.25, 0.3) is 0 Å². The van der Waals surface area contributed by atoms with Gasteiger partial charge in [0, 0.05) is 11.9 Å². The highest BCUT2D eigenvalue weighted by molar-refractivity contribution is 6.30. The van der Waals surface area contributed by atoms with Crippen LogP contribution in [0.3, 0.4) is 0 Å². The maximum Gasteiger partial charge on any atom is 0.353 e. The molecular formula is C16H13ClN6O2. The van der Waals surface area contributed by atoms with Gasteiger partial charge in [-0.15, -0.1) is 0 Å². The van der Waals surface area contributed by atoms with Crippen LogP contribution in [-0.4, -0.2) is 19.9 Å². The number of pyridine rings is 1. The van der Waals surface area contributed by atoms with Gasteiger partial charge in [0.2, 0.25) is 11.6 Å². The van der Waals surface area contributed by atoms with Gasteiger partial charge in [-0.1, -0.05) is 29.3 Å². The average molecular weight is 357 g/mol. The molecule has 3 rings (SSSR count). The summed E-state index contributed by atoms with van der Waals surface area (Å²) < 4.78 is 0. The molecule has 2 N–H and O–H groups in total. The number of benzene rings is 1. The zero-order valence-electron chi connectivity index (χ0n) is 13.1. The minimum atomic E-state index is -0.547. The molecule has 9 heteroatoms. The lowest BCUT2D eigenvalue weighted by atomic mass is 10.2. The molecule has 126 valence electrons. The predicted octanol–water partition coefficient (Wildman–Crippen LogP) is 4.23. The van der Waals surface area contributed by atoms with E-state index in [1.165, 1.54) is 12.5 Å². The molecule has 0 saturated heterocycles. The molecule has 0 fully saturated rings. The molecule has 0 amide bonds. The van der Waals surface area contributed by atoms with Crippen LogP contribution in [0.1, 0.15) is 5.56 Å². The van der Waals surface area contributed by atoms with Crippen LogP contribution in [0, 0.1) is 17.0 Å². The van der Waals surface area contributed by atoms with E-state index in [1.807, 2.05) is 31.2 Å². The number of nitrogens with zero attached hydrogens (tertiary/aromatic N) is 4. The van der Waals surface area contributed by atoms with Gasteiger partial charge in [-0.25, -0.2) is 15.0 Å². The van der Waals surface area contributed by atoms with E-state index in [2.05, 4.69) is 25.6 Å². The maximum absolute atomic E-state index is 11.5. The first kappa shape index (κ1) is 16.6. The second kappa shape index (κ2) is 7.10. The van der Waals surface area contributed by atoms with E-state index in [-0.39, 0.29) is 17.3 Å². The standard InChI is InChI=1S/C16H13ClN6O2/c1-10-2-5-12(6-3-10)21-15-14(23(24)25)16(20-9-19-15)22-13-7-4-11(17)8-18-13/h2-9H,1H3,(H2,18,19,20,21,22). The zero-order chi connectivity index (χ0) is 17.8. The minimum Gasteiger partial charge on any atom is -0.334 e. The van der Waals surface area contributed by atoms with Crippen molar-refractivity contribution in [3.63, 3.8) is 0 Å². The number of hydrogen-bond donors (Lipinski definition) is 2. The van der Waals surface area contributed by atoms with Crippen molar-refractivity contribution < 1.29 is 4.92 Å². The van der Waals surface area contributed by atoms with Crippen molar-refractivity contribution in [3.8, 4) is 0 Å². The van der Waals surface area contributed by atoms with Crippen molar-refractivity contribution in [1.82, 2.24) is 15.0 Å². The third-order valence-corrected chi connectivity index (χ3v) is 3.52. The van der Waals surface area contributed by atoms with Crippen LogP contribution in [0.4, 0.5) is 28.8 Å². The normalized spacial score (nSPS) is 10.3. The Morgan fingerprint density at radius 1 is 1.00 bits per heavy atom. The van der Waals surface area contributed by atoms with Crippen LogP contribution in [-0.2, 0) is 0 Å². The first-order valence-corrected chi connectivity index (χ1v) is 7.62. The number of nitro groups is 1. The lowest BCUT2D eigenvalue weighted by Crippen LogP contribution is -2.06. The summed E-state index contributed by atoms with van der Waals surface area (Å²) in [5, 5.41) is 17.8. The van der Waals surface area contributed by atoms with Gasteiger partial charge in [-0.2, -0.15) is 0 Å². The second-order valence-corrected chi connectivity index (χ2v) is 5.59. The Balaban J connectivity index is 1.94. The Bertz CT molecular complexity index is 834. The highest BCUT2D eigenvalue weighted by atomic mass is 35.5. The molecule has 0 aliphatic heterocycles. The highest BCUT2D eigenvalue weighted by Gasteiger charge is 2.23. The summed E-state index contributed by atoms with van der Waals surface area (Å²) in [5.41, 5.74) is 1.49. The molecule has 0 bridgehead atoms. The second-order valence-electron chi connectivity index (χ2n) is 5.15. The first-order chi connectivity index (χ1) is 12.0. The summed E-state index contributed by atoms with van der Waals surface area (Å²) in [6.45, 7) is 1.96. The Morgan fingerprint density at radius 3 is 2.28 bits per heavy atom. The van der Waals surface area contributed by atoms with Crippen molar-refractivity contribution in [2.24, 2.45) is 0 Å². The number of hydrogen-bond acceptors (Lipinski definition) is 7. The maximum atomic E-state index is 11.5. The van der Waals surface area contributed by atoms with Gasteiger partial charge in [-0.3, -0.25) is 10.1 Å². The van der Waals surface area contributed by atoms with Crippen LogP contribution in [0.2, 0.25) is 5.02 Å². The molecule has 0 saturated carbocycles. The number of aryl methyl sites for hydroxylation is 1. The molecular weight excluding hydrogens is 344 g/mol. The number of nitrogens with one attached hydrogen (secondary N) is 2. The molecule has 0 atom stereocenters. The lowest BCUT2D eigenvalue weighted by molar-refractivity contribution is -0.383. The molecule has 8 nitrogen and oxygen atoms in total. The predicted molar refractivity (Wildman–Crippen MR) is 95.7 cm³/mol. The van der Waals surface area contributed by atoms with Crippen molar-refractivity contribution in [2.45, 2.75) is 6.92 Å². The van der Waals surface area contributed by atoms with Gasteiger partial charge in [-0.05, 0) is 31.2 Å². The van der Waals surface area contributed by atoms with Crippen molar-refractivity contribution >= 4 is 40.4 Å². The van der Waals surface area contributed by atoms with Gasteiger partial charge in [0.15, 0.2) is 0 Å². The van der Waals surface area contributed by atoms with E-state index >= 15 is 0 Å². The van der Waals surface area contributed by atoms with Gasteiger partial charge >= 0.3 is 5.69 Å². The van der Waals surface area contributed by atoms with Crippen molar-refractivity contribution in [3.05, 3.63) is 69.6 Å². The number of aromatic nitrogens is 3. The fourth-order valence-electron chi connectivity index (χ4n) is 2.08. The van der Waals surface area contributed by atoms with Crippen molar-refractivity contribution in [2.75, 3.05) is 10.6 Å². The van der Waals surface area contributed by atoms with Crippen LogP contribution >= 0.6 is 11.6 Å². The van der Waals surface area contributed by atoms with Gasteiger partial charge in [0.1, 0.15) is 12.1 Å². The molecule has 0 radical (unpaired) electrons. The molecule has 2 heterocycles. The SMILES string of the molecule is Cc1ccc(Nc2ncnc(Nc3ccc(Cl)cn3)c2[N+](=O)[O-])cc1. The molecule has 0 aliphatic rings. The Morgan fingerprint density at radius 2 is 1.68 bits per heavy atom. The molecule has 0 unspecified atom stereocenters. The summed E-state index contributed by atoms with van der Waals surface area (Å²) in [6.07, 6.45) is 2.67. The molecule has 3 aromatic rings. The Hall–Kier alpha value is -3.26. The molecule has 1 aromatic carbocycles. The van der Waals surface area contributed by atoms with Crippen molar-refractivity contribution in [1.29, 1.82) is 0 Å². The first-order valence-electron chi connectivity index (χ1n) is 7.24. The summed E-state index contributed by atoms with van der Waals surface area (Å²) in [4.78, 5) is 23.0. The number of halogens is 1. The fourth-order valence-corrected chi connectivity index (χ4v) is 2.19. The Labute approximate surface area is 148 Å². The third kappa shape index (κ3) is 3.99. The lowest BCUT2D eigenvalue weighted by Gasteiger charge is -2.10. The zero-order valence-corrected chi connectivity index (χ0v) is 13.9. The van der Waals surface area contributed by atoms with E-state index in [1.54, 1.807) is 12.1 Å². The largest absolute Gasteiger partial charge is 0.353 e. The molecule has 25 heavy (non-hydrogen) atoms. The monoisotopic (exact) mass is 356 g/mol. The summed E-state index contributed by atoms with van der Waals surface area (Å²) in [6, 6.07) is 10.6. The van der Waals surface area contributed by atoms with Gasteiger partial charge in [0.25, 0.3) is 0 Å². The van der Waals surface area contributed by atoms with E-state index in [0.29, 0.717) is 16.5 Å². The fraction of sp³-hybridized carbons (Fsp3) is 0.0625. The number of rotatable bonds is 5. The van der Waals surface area contributed by atoms with E-state index in [4.69, 9.17) is 11.6 Å². The summed E-state index contributed by atoms with van der Waals surface area (Å²) in [5.74, 6) is 0.497. The summed E-state index contributed by atoms with van der Waals surface area (Å²) >= 11 is 5.79. The van der Waals surface area contributed by atoms with Crippen LogP contribution in [0.5, 0.6) is 0 Å². The van der Waals surface area contributed by atoms with E-state index in [9.17, 15) is 10.1 Å². The van der Waals surface area contributed by atoms with E-state index < -0.39 is 4.92 Å². The van der Waals surface area contributed by atoms with Gasteiger partial charge < -0.3 is 10.6 Å². The van der Waals surface area contributed by atoms with Crippen LogP contribution in [0.15, 0.2) is 48.9 Å². The molecule has 2 aromatic heterocycles. The molecule has 0 spiro atoms. The van der Waals surface area contributed by atoms with Gasteiger partial charge in [0.05, 0.1) is 9.95 Å². The smallest absolute Gasteiger partial charge is 0.334 e. The Kier molecular flexibility index (Phi) is 4.71. The topological polar surface area (TPSA) is 106 Å². The quantitative estimate of drug-likeness (QED) is 0.520. The molecule has 0 aliphatic carbocycles. The summed E-state index contributed by atoms with van der Waals surface area (Å²) in [7, 11) is 0. The number of anilines is 4. The average Bonchev–Trinajstić information content (AvgIpc) is 2.59. The third-order valence-electron chi connectivity index (χ3n) is 3.29. The minimum absolute atomic E-state index is 0.0319. The van der Waals surface area contributed by atoms with Crippen LogP contribution < -0.4 is 10.6 Å².